The van der Waals surface area contributed by atoms with Crippen molar-refractivity contribution in [3.8, 4) is 0 Å². The zero-order chi connectivity index (χ0) is 9.03. The maximum atomic E-state index is 5.97. The molecular formula is C9H11Br2Cl. The van der Waals surface area contributed by atoms with E-state index in [2.05, 4.69) is 56.2 Å². The van der Waals surface area contributed by atoms with Crippen molar-refractivity contribution in [2.24, 2.45) is 11.3 Å². The number of allylic oxidation sites excluding steroid dienone is 4. The molecule has 0 fully saturated rings. The van der Waals surface area contributed by atoms with E-state index in [9.17, 15) is 0 Å². The van der Waals surface area contributed by atoms with Crippen LogP contribution in [0.3, 0.4) is 0 Å². The van der Waals surface area contributed by atoms with Gasteiger partial charge in [-0.3, -0.25) is 0 Å². The fourth-order valence-corrected chi connectivity index (χ4v) is 3.56. The molecule has 2 unspecified atom stereocenters. The molecule has 0 amide bonds. The van der Waals surface area contributed by atoms with Gasteiger partial charge >= 0.3 is 0 Å². The first-order valence-electron chi connectivity index (χ1n) is 3.83. The molecule has 0 nitrogen and oxygen atoms in total. The number of halogens is 3. The summed E-state index contributed by atoms with van der Waals surface area (Å²) in [6.45, 7) is 0. The topological polar surface area (TPSA) is 0 Å². The minimum absolute atomic E-state index is 0.0970. The molecule has 0 saturated carbocycles. The molecule has 0 radical (unpaired) electrons. The molecule has 0 aromatic heterocycles. The first-order valence-corrected chi connectivity index (χ1v) is 6.61. The molecule has 0 heterocycles. The highest BCUT2D eigenvalue weighted by Gasteiger charge is 2.33. The van der Waals surface area contributed by atoms with Crippen molar-refractivity contribution in [1.82, 2.24) is 0 Å². The summed E-state index contributed by atoms with van der Waals surface area (Å²) >= 11 is 13.0. The molecule has 0 aromatic carbocycles. The van der Waals surface area contributed by atoms with E-state index in [0.717, 1.165) is 10.7 Å². The van der Waals surface area contributed by atoms with Crippen LogP contribution in [0.25, 0.3) is 0 Å². The Morgan fingerprint density at radius 2 is 2.08 bits per heavy atom. The van der Waals surface area contributed by atoms with Gasteiger partial charge < -0.3 is 0 Å². The molecule has 2 atom stereocenters. The van der Waals surface area contributed by atoms with E-state index in [0.29, 0.717) is 11.8 Å². The number of alkyl halides is 3. The van der Waals surface area contributed by atoms with Gasteiger partial charge in [0, 0.05) is 22.0 Å². The first kappa shape index (κ1) is 10.8. The zero-order valence-corrected chi connectivity index (χ0v) is 10.6. The Balaban J connectivity index is 2.84. The van der Waals surface area contributed by atoms with Gasteiger partial charge in [-0.2, -0.15) is 0 Å². The molecule has 1 rings (SSSR count). The standard InChI is InChI=1S/C9H11Br2Cl/c10-5-8-3-1-2-4-9(8,6-11)7-12/h1-4,8H,5-7H2. The largest absolute Gasteiger partial charge is 0.126 e. The molecule has 1 aliphatic carbocycles. The summed E-state index contributed by atoms with van der Waals surface area (Å²) in [7, 11) is 0. The monoisotopic (exact) mass is 312 g/mol. The number of hydrogen-bond acceptors (Lipinski definition) is 0. The Morgan fingerprint density at radius 3 is 2.50 bits per heavy atom. The van der Waals surface area contributed by atoms with Crippen molar-refractivity contribution in [2.75, 3.05) is 16.5 Å². The third kappa shape index (κ3) is 1.97. The van der Waals surface area contributed by atoms with Gasteiger partial charge in [-0.1, -0.05) is 56.2 Å². The van der Waals surface area contributed by atoms with Gasteiger partial charge in [0.25, 0.3) is 0 Å². The van der Waals surface area contributed by atoms with E-state index in [1.807, 2.05) is 0 Å². The SMILES string of the molecule is ClCC1(CBr)C=CC=CC1CBr. The van der Waals surface area contributed by atoms with Crippen molar-refractivity contribution in [2.45, 2.75) is 0 Å². The third-order valence-electron chi connectivity index (χ3n) is 2.28. The number of rotatable bonds is 3. The average Bonchev–Trinajstić information content (AvgIpc) is 2.17. The van der Waals surface area contributed by atoms with Crippen LogP contribution < -0.4 is 0 Å². The molecular weight excluding hydrogens is 303 g/mol. The van der Waals surface area contributed by atoms with Gasteiger partial charge in [0.05, 0.1) is 0 Å². The quantitative estimate of drug-likeness (QED) is 0.696. The van der Waals surface area contributed by atoms with Gasteiger partial charge in [0.15, 0.2) is 0 Å². The predicted octanol–water partition coefficient (Wildman–Crippen LogP) is 3.74. The van der Waals surface area contributed by atoms with Crippen LogP contribution in [0.15, 0.2) is 24.3 Å². The highest BCUT2D eigenvalue weighted by atomic mass is 79.9. The smallest absolute Gasteiger partial charge is 0.0328 e. The molecule has 0 aromatic rings. The van der Waals surface area contributed by atoms with Crippen LogP contribution in [0.1, 0.15) is 0 Å². The lowest BCUT2D eigenvalue weighted by Crippen LogP contribution is -2.33. The second-order valence-electron chi connectivity index (χ2n) is 3.01. The fourth-order valence-electron chi connectivity index (χ4n) is 1.29. The van der Waals surface area contributed by atoms with E-state index in [-0.39, 0.29) is 5.41 Å². The van der Waals surface area contributed by atoms with Gasteiger partial charge in [-0.25, -0.2) is 0 Å². The second kappa shape index (κ2) is 4.83. The molecule has 12 heavy (non-hydrogen) atoms. The summed E-state index contributed by atoms with van der Waals surface area (Å²) in [5, 5.41) is 1.88. The van der Waals surface area contributed by atoms with Gasteiger partial charge in [-0.05, 0) is 5.92 Å². The first-order chi connectivity index (χ1) is 5.79. The minimum atomic E-state index is 0.0970. The molecule has 1 aliphatic rings. The Morgan fingerprint density at radius 1 is 1.33 bits per heavy atom. The van der Waals surface area contributed by atoms with Crippen LogP contribution in [-0.4, -0.2) is 16.5 Å². The molecule has 0 spiro atoms. The lowest BCUT2D eigenvalue weighted by molar-refractivity contribution is 0.389. The highest BCUT2D eigenvalue weighted by molar-refractivity contribution is 9.09. The molecule has 0 bridgehead atoms. The van der Waals surface area contributed by atoms with Crippen molar-refractivity contribution in [1.29, 1.82) is 0 Å². The normalized spacial score (nSPS) is 34.1. The Kier molecular flexibility index (Phi) is 4.35. The summed E-state index contributed by atoms with van der Waals surface area (Å²) in [4.78, 5) is 0. The Hall–Kier alpha value is 0.730. The van der Waals surface area contributed by atoms with Crippen LogP contribution in [0, 0.1) is 11.3 Å². The van der Waals surface area contributed by atoms with Crippen LogP contribution in [0.5, 0.6) is 0 Å². The highest BCUT2D eigenvalue weighted by Crippen LogP contribution is 2.37. The van der Waals surface area contributed by atoms with Crippen LogP contribution in [0.4, 0.5) is 0 Å². The summed E-state index contributed by atoms with van der Waals surface area (Å²) in [6.07, 6.45) is 8.56. The van der Waals surface area contributed by atoms with E-state index in [1.54, 1.807) is 0 Å². The fraction of sp³-hybridized carbons (Fsp3) is 0.556. The molecule has 3 heteroatoms. The lowest BCUT2D eigenvalue weighted by Gasteiger charge is -2.34. The third-order valence-corrected chi connectivity index (χ3v) is 4.52. The lowest BCUT2D eigenvalue weighted by atomic mass is 9.77. The Bertz CT molecular complexity index is 195. The second-order valence-corrected chi connectivity index (χ2v) is 4.48. The molecule has 0 saturated heterocycles. The van der Waals surface area contributed by atoms with Crippen molar-refractivity contribution < 1.29 is 0 Å². The van der Waals surface area contributed by atoms with E-state index in [1.165, 1.54) is 0 Å². The molecule has 68 valence electrons. The van der Waals surface area contributed by atoms with Crippen LogP contribution in [-0.2, 0) is 0 Å². The maximum Gasteiger partial charge on any atom is 0.0328 e. The summed E-state index contributed by atoms with van der Waals surface area (Å²) in [5.41, 5.74) is 0.0970. The number of hydrogen-bond donors (Lipinski definition) is 0. The van der Waals surface area contributed by atoms with Crippen LogP contribution in [0.2, 0.25) is 0 Å². The van der Waals surface area contributed by atoms with Gasteiger partial charge in [-0.15, -0.1) is 11.6 Å². The average molecular weight is 314 g/mol. The van der Waals surface area contributed by atoms with E-state index in [4.69, 9.17) is 11.6 Å². The zero-order valence-electron chi connectivity index (χ0n) is 6.64. The van der Waals surface area contributed by atoms with Crippen molar-refractivity contribution >= 4 is 43.5 Å². The minimum Gasteiger partial charge on any atom is -0.126 e. The summed E-state index contributed by atoms with van der Waals surface area (Å²) in [5.74, 6) is 1.16. The van der Waals surface area contributed by atoms with Crippen molar-refractivity contribution in [3.05, 3.63) is 24.3 Å². The maximum absolute atomic E-state index is 5.97. The van der Waals surface area contributed by atoms with Crippen molar-refractivity contribution in [3.63, 3.8) is 0 Å². The van der Waals surface area contributed by atoms with E-state index >= 15 is 0 Å². The van der Waals surface area contributed by atoms with Gasteiger partial charge in [0.2, 0.25) is 0 Å². The molecule has 0 aliphatic heterocycles. The summed E-state index contributed by atoms with van der Waals surface area (Å²) < 4.78 is 0. The Labute approximate surface area is 95.3 Å². The predicted molar refractivity (Wildman–Crippen MR) is 62.5 cm³/mol. The van der Waals surface area contributed by atoms with Gasteiger partial charge in [0.1, 0.15) is 0 Å². The molecule has 0 N–H and O–H groups in total. The van der Waals surface area contributed by atoms with Crippen LogP contribution >= 0.6 is 43.5 Å². The summed E-state index contributed by atoms with van der Waals surface area (Å²) in [6, 6.07) is 0. The van der Waals surface area contributed by atoms with E-state index < -0.39 is 0 Å².